The largest absolute Gasteiger partial charge is 0.490 e. The minimum atomic E-state index is -0.361. The van der Waals surface area contributed by atoms with Gasteiger partial charge < -0.3 is 9.84 Å². The topological polar surface area (TPSA) is 29.5 Å². The van der Waals surface area contributed by atoms with Crippen molar-refractivity contribution in [2.75, 3.05) is 0 Å². The van der Waals surface area contributed by atoms with Gasteiger partial charge in [-0.05, 0) is 54.7 Å². The Morgan fingerprint density at radius 1 is 1.26 bits per heavy atom. The molecule has 2 heteroatoms. The zero-order chi connectivity index (χ0) is 13.5. The van der Waals surface area contributed by atoms with Crippen molar-refractivity contribution >= 4 is 0 Å². The molecule has 0 saturated heterocycles. The summed E-state index contributed by atoms with van der Waals surface area (Å²) in [6.45, 7) is 4.55. The molecule has 104 valence electrons. The Morgan fingerprint density at radius 3 is 2.68 bits per heavy atom. The smallest absolute Gasteiger partial charge is 0.120 e. The molecule has 0 amide bonds. The summed E-state index contributed by atoms with van der Waals surface area (Å²) in [7, 11) is 0. The van der Waals surface area contributed by atoms with Crippen LogP contribution < -0.4 is 4.74 Å². The first-order valence-electron chi connectivity index (χ1n) is 7.51. The quantitative estimate of drug-likeness (QED) is 0.883. The third-order valence-electron chi connectivity index (χ3n) is 4.75. The molecule has 0 aromatic heterocycles. The summed E-state index contributed by atoms with van der Waals surface area (Å²) in [5.41, 5.74) is 1.25. The number of ether oxygens (including phenoxy) is 1. The van der Waals surface area contributed by atoms with E-state index >= 15 is 0 Å². The highest BCUT2D eigenvalue weighted by Crippen LogP contribution is 2.48. The van der Waals surface area contributed by atoms with E-state index in [0.717, 1.165) is 17.7 Å². The Balaban J connectivity index is 1.76. The van der Waals surface area contributed by atoms with E-state index in [-0.39, 0.29) is 11.5 Å². The maximum absolute atomic E-state index is 10.7. The van der Waals surface area contributed by atoms with E-state index < -0.39 is 0 Å². The average Bonchev–Trinajstić information content (AvgIpc) is 3.11. The summed E-state index contributed by atoms with van der Waals surface area (Å²) in [6, 6.07) is 8.04. The van der Waals surface area contributed by atoms with E-state index in [1.54, 1.807) is 0 Å². The first-order valence-corrected chi connectivity index (χ1v) is 7.51. The first-order chi connectivity index (χ1) is 9.06. The Bertz CT molecular complexity index is 448. The van der Waals surface area contributed by atoms with E-state index in [4.69, 9.17) is 4.74 Å². The van der Waals surface area contributed by atoms with Gasteiger partial charge in [-0.25, -0.2) is 0 Å². The molecule has 1 aromatic carbocycles. The molecule has 2 aliphatic rings. The molecule has 2 saturated carbocycles. The van der Waals surface area contributed by atoms with Crippen LogP contribution in [0.4, 0.5) is 0 Å². The second-order valence-electron chi connectivity index (χ2n) is 6.82. The molecule has 1 aromatic rings. The summed E-state index contributed by atoms with van der Waals surface area (Å²) < 4.78 is 5.82. The van der Waals surface area contributed by atoms with Crippen LogP contribution >= 0.6 is 0 Å². The Morgan fingerprint density at radius 2 is 2.05 bits per heavy atom. The molecule has 0 heterocycles. The lowest BCUT2D eigenvalue weighted by molar-refractivity contribution is 0.0529. The van der Waals surface area contributed by atoms with Gasteiger partial charge in [0.25, 0.3) is 0 Å². The van der Waals surface area contributed by atoms with Crippen LogP contribution in [0.3, 0.4) is 0 Å². The van der Waals surface area contributed by atoms with Crippen molar-refractivity contribution < 1.29 is 9.84 Å². The maximum atomic E-state index is 10.7. The molecular formula is C17H24O2. The molecule has 19 heavy (non-hydrogen) atoms. The molecule has 0 bridgehead atoms. The number of hydrogen-bond donors (Lipinski definition) is 1. The van der Waals surface area contributed by atoms with Gasteiger partial charge in [0.05, 0.1) is 12.2 Å². The summed E-state index contributed by atoms with van der Waals surface area (Å²) in [5.74, 6) is 1.28. The van der Waals surface area contributed by atoms with Crippen LogP contribution in [0.25, 0.3) is 0 Å². The van der Waals surface area contributed by atoms with Gasteiger partial charge in [0.15, 0.2) is 0 Å². The molecule has 3 rings (SSSR count). The molecule has 2 fully saturated rings. The second kappa shape index (κ2) is 4.82. The number of aliphatic hydroxyl groups excluding tert-OH is 1. The lowest BCUT2D eigenvalue weighted by Crippen LogP contribution is -2.24. The lowest BCUT2D eigenvalue weighted by Gasteiger charge is -2.31. The molecule has 0 radical (unpaired) electrons. The fraction of sp³-hybridized carbons (Fsp3) is 0.647. The molecular weight excluding hydrogens is 236 g/mol. The van der Waals surface area contributed by atoms with Gasteiger partial charge in [-0.15, -0.1) is 0 Å². The number of hydrogen-bond acceptors (Lipinski definition) is 2. The Hall–Kier alpha value is -1.02. The third kappa shape index (κ3) is 2.79. The van der Waals surface area contributed by atoms with E-state index in [2.05, 4.69) is 13.8 Å². The van der Waals surface area contributed by atoms with Gasteiger partial charge in [0.1, 0.15) is 5.75 Å². The fourth-order valence-corrected chi connectivity index (χ4v) is 3.32. The lowest BCUT2D eigenvalue weighted by atomic mass is 9.77. The van der Waals surface area contributed by atoms with Crippen molar-refractivity contribution in [3.8, 4) is 5.75 Å². The van der Waals surface area contributed by atoms with E-state index in [0.29, 0.717) is 12.0 Å². The van der Waals surface area contributed by atoms with Crippen LogP contribution in [0.2, 0.25) is 0 Å². The highest BCUT2D eigenvalue weighted by molar-refractivity contribution is 5.31. The van der Waals surface area contributed by atoms with Crippen LogP contribution in [0, 0.1) is 11.3 Å². The zero-order valence-electron chi connectivity index (χ0n) is 11.9. The van der Waals surface area contributed by atoms with Crippen molar-refractivity contribution in [2.45, 2.75) is 58.2 Å². The predicted octanol–water partition coefficient (Wildman–Crippen LogP) is 4.09. The molecule has 2 atom stereocenters. The summed E-state index contributed by atoms with van der Waals surface area (Å²) in [4.78, 5) is 0. The summed E-state index contributed by atoms with van der Waals surface area (Å²) >= 11 is 0. The van der Waals surface area contributed by atoms with Crippen molar-refractivity contribution in [3.05, 3.63) is 29.8 Å². The van der Waals surface area contributed by atoms with E-state index in [1.807, 2.05) is 24.3 Å². The minimum absolute atomic E-state index is 0.243. The maximum Gasteiger partial charge on any atom is 0.120 e. The van der Waals surface area contributed by atoms with Crippen LogP contribution in [0.1, 0.15) is 57.6 Å². The zero-order valence-corrected chi connectivity index (χ0v) is 11.9. The molecule has 0 aliphatic heterocycles. The SMILES string of the molecule is CC1(C)CCCC1C(O)c1cccc(OC2CC2)c1. The van der Waals surface area contributed by atoms with Crippen molar-refractivity contribution in [3.63, 3.8) is 0 Å². The minimum Gasteiger partial charge on any atom is -0.490 e. The first kappa shape index (κ1) is 13.0. The van der Waals surface area contributed by atoms with Gasteiger partial charge in [-0.1, -0.05) is 32.4 Å². The summed E-state index contributed by atoms with van der Waals surface area (Å²) in [6.07, 6.45) is 5.96. The van der Waals surface area contributed by atoms with Crippen LogP contribution in [-0.2, 0) is 0 Å². The van der Waals surface area contributed by atoms with Crippen molar-refractivity contribution in [2.24, 2.45) is 11.3 Å². The highest BCUT2D eigenvalue weighted by Gasteiger charge is 2.39. The number of rotatable bonds is 4. The monoisotopic (exact) mass is 260 g/mol. The fourth-order valence-electron chi connectivity index (χ4n) is 3.32. The average molecular weight is 260 g/mol. The van der Waals surface area contributed by atoms with Gasteiger partial charge in [-0.2, -0.15) is 0 Å². The Labute approximate surface area is 115 Å². The van der Waals surface area contributed by atoms with Crippen molar-refractivity contribution in [1.29, 1.82) is 0 Å². The summed E-state index contributed by atoms with van der Waals surface area (Å²) in [5, 5.41) is 10.7. The van der Waals surface area contributed by atoms with Crippen LogP contribution in [0.15, 0.2) is 24.3 Å². The standard InChI is InChI=1S/C17H24O2/c1-17(2)10-4-7-15(17)16(18)12-5-3-6-14(11-12)19-13-8-9-13/h3,5-6,11,13,15-16,18H,4,7-10H2,1-2H3. The number of aliphatic hydroxyl groups is 1. The highest BCUT2D eigenvalue weighted by atomic mass is 16.5. The predicted molar refractivity (Wildman–Crippen MR) is 76.2 cm³/mol. The van der Waals surface area contributed by atoms with E-state index in [9.17, 15) is 5.11 Å². The molecule has 0 spiro atoms. The van der Waals surface area contributed by atoms with Gasteiger partial charge in [0.2, 0.25) is 0 Å². The third-order valence-corrected chi connectivity index (χ3v) is 4.75. The van der Waals surface area contributed by atoms with E-state index in [1.165, 1.54) is 25.7 Å². The van der Waals surface area contributed by atoms with Gasteiger partial charge >= 0.3 is 0 Å². The normalized spacial score (nSPS) is 27.2. The van der Waals surface area contributed by atoms with Crippen LogP contribution in [-0.4, -0.2) is 11.2 Å². The molecule has 2 nitrogen and oxygen atoms in total. The molecule has 1 N–H and O–H groups in total. The van der Waals surface area contributed by atoms with Gasteiger partial charge in [-0.3, -0.25) is 0 Å². The van der Waals surface area contributed by atoms with Gasteiger partial charge in [0, 0.05) is 0 Å². The number of benzene rings is 1. The Kier molecular flexibility index (Phi) is 3.30. The van der Waals surface area contributed by atoms with Crippen LogP contribution in [0.5, 0.6) is 5.75 Å². The van der Waals surface area contributed by atoms with Crippen molar-refractivity contribution in [1.82, 2.24) is 0 Å². The molecule has 2 aliphatic carbocycles. The molecule has 2 unspecified atom stereocenters. The second-order valence-corrected chi connectivity index (χ2v) is 6.82.